The molecule has 36 heavy (non-hydrogen) atoms. The Kier molecular flexibility index (Phi) is 8.68. The molecule has 3 aromatic rings. The van der Waals surface area contributed by atoms with Crippen molar-refractivity contribution in [2.45, 2.75) is 6.04 Å². The van der Waals surface area contributed by atoms with Crippen molar-refractivity contribution < 1.29 is 15.1 Å². The summed E-state index contributed by atoms with van der Waals surface area (Å²) in [5, 5.41) is 32.6. The van der Waals surface area contributed by atoms with Crippen LogP contribution in [0.25, 0.3) is 0 Å². The largest absolute Gasteiger partial charge is 0.491 e. The second-order valence-corrected chi connectivity index (χ2v) is 9.26. The standard InChI is InChI=1S/C27H26Cl2N4O3/c28-22-7-5-21(6-8-22)27-18-32(17-25(31-35)20-3-1-19(16-30)2-4-20)11-12-33(27)26-10-9-23(15-24(26)29)36-14-13-34/h1-10,15,27,34-35H,11-14,17-18H2/b31-25+/t27-/m0/s1. The number of nitrogens with zero attached hydrogens (tertiary/aromatic N) is 4. The molecule has 0 saturated carbocycles. The van der Waals surface area contributed by atoms with E-state index in [2.05, 4.69) is 21.0 Å². The van der Waals surface area contributed by atoms with Gasteiger partial charge in [-0.25, -0.2) is 0 Å². The van der Waals surface area contributed by atoms with E-state index in [0.717, 1.165) is 23.4 Å². The summed E-state index contributed by atoms with van der Waals surface area (Å²) in [7, 11) is 0. The monoisotopic (exact) mass is 524 g/mol. The van der Waals surface area contributed by atoms with Gasteiger partial charge >= 0.3 is 0 Å². The van der Waals surface area contributed by atoms with Crippen LogP contribution in [0.3, 0.4) is 0 Å². The molecule has 2 N–H and O–H groups in total. The zero-order valence-corrected chi connectivity index (χ0v) is 21.0. The molecule has 1 aliphatic rings. The number of piperazine rings is 1. The van der Waals surface area contributed by atoms with Crippen molar-refractivity contribution in [1.82, 2.24) is 4.90 Å². The van der Waals surface area contributed by atoms with Gasteiger partial charge in [0.1, 0.15) is 18.1 Å². The predicted octanol–water partition coefficient (Wildman–Crippen LogP) is 4.98. The first-order valence-electron chi connectivity index (χ1n) is 11.5. The maximum Gasteiger partial charge on any atom is 0.121 e. The topological polar surface area (TPSA) is 92.3 Å². The number of hydrogen-bond donors (Lipinski definition) is 2. The Labute approximate surface area is 220 Å². The molecule has 0 unspecified atom stereocenters. The Morgan fingerprint density at radius 3 is 2.44 bits per heavy atom. The molecule has 3 aromatic carbocycles. The van der Waals surface area contributed by atoms with Crippen molar-refractivity contribution in [3.05, 3.63) is 93.5 Å². The fourth-order valence-corrected chi connectivity index (χ4v) is 4.75. The highest BCUT2D eigenvalue weighted by Gasteiger charge is 2.30. The van der Waals surface area contributed by atoms with Gasteiger partial charge in [0.25, 0.3) is 0 Å². The number of halogens is 2. The van der Waals surface area contributed by atoms with Crippen LogP contribution in [0, 0.1) is 11.3 Å². The molecule has 0 aromatic heterocycles. The molecule has 0 radical (unpaired) electrons. The molecule has 9 heteroatoms. The summed E-state index contributed by atoms with van der Waals surface area (Å²) in [5.74, 6) is 0.602. The zero-order valence-electron chi connectivity index (χ0n) is 19.5. The molecule has 186 valence electrons. The molecule has 1 aliphatic heterocycles. The lowest BCUT2D eigenvalue weighted by Gasteiger charge is -2.43. The van der Waals surface area contributed by atoms with E-state index in [9.17, 15) is 5.21 Å². The lowest BCUT2D eigenvalue weighted by Crippen LogP contribution is -2.50. The second kappa shape index (κ2) is 12.1. The number of hydrogen-bond acceptors (Lipinski definition) is 7. The molecular weight excluding hydrogens is 499 g/mol. The normalized spacial score (nSPS) is 16.6. The molecule has 1 atom stereocenters. The summed E-state index contributed by atoms with van der Waals surface area (Å²) in [6.45, 7) is 2.66. The molecule has 4 rings (SSSR count). The average Bonchev–Trinajstić information content (AvgIpc) is 2.91. The first kappa shape index (κ1) is 25.8. The molecule has 0 amide bonds. The van der Waals surface area contributed by atoms with E-state index in [1.807, 2.05) is 36.4 Å². The minimum absolute atomic E-state index is 0.0290. The Balaban J connectivity index is 1.58. The summed E-state index contributed by atoms with van der Waals surface area (Å²) >= 11 is 12.8. The van der Waals surface area contributed by atoms with Crippen molar-refractivity contribution in [3.8, 4) is 11.8 Å². The first-order chi connectivity index (χ1) is 17.5. The third-order valence-electron chi connectivity index (χ3n) is 6.15. The van der Waals surface area contributed by atoms with Crippen molar-refractivity contribution in [1.29, 1.82) is 5.26 Å². The van der Waals surface area contributed by atoms with Crippen molar-refractivity contribution >= 4 is 34.6 Å². The van der Waals surface area contributed by atoms with E-state index in [-0.39, 0.29) is 19.3 Å². The van der Waals surface area contributed by atoms with E-state index in [4.69, 9.17) is 38.3 Å². The van der Waals surface area contributed by atoms with Gasteiger partial charge in [0.2, 0.25) is 0 Å². The number of anilines is 1. The van der Waals surface area contributed by atoms with Crippen LogP contribution in [0.4, 0.5) is 5.69 Å². The van der Waals surface area contributed by atoms with E-state index >= 15 is 0 Å². The Morgan fingerprint density at radius 1 is 1.06 bits per heavy atom. The van der Waals surface area contributed by atoms with Gasteiger partial charge in [-0.3, -0.25) is 4.90 Å². The van der Waals surface area contributed by atoms with E-state index in [1.54, 1.807) is 30.3 Å². The molecule has 7 nitrogen and oxygen atoms in total. The van der Waals surface area contributed by atoms with Gasteiger partial charge in [-0.15, -0.1) is 0 Å². The predicted molar refractivity (Wildman–Crippen MR) is 141 cm³/mol. The van der Waals surface area contributed by atoms with Crippen molar-refractivity contribution in [2.24, 2.45) is 5.16 Å². The van der Waals surface area contributed by atoms with E-state index in [0.29, 0.717) is 46.7 Å². The van der Waals surface area contributed by atoms with Crippen LogP contribution in [-0.2, 0) is 0 Å². The van der Waals surface area contributed by atoms with Crippen LogP contribution >= 0.6 is 23.2 Å². The van der Waals surface area contributed by atoms with Gasteiger partial charge in [-0.2, -0.15) is 5.26 Å². The Bertz CT molecular complexity index is 1240. The fourth-order valence-electron chi connectivity index (χ4n) is 4.35. The van der Waals surface area contributed by atoms with Crippen LogP contribution in [0.15, 0.2) is 71.9 Å². The maximum absolute atomic E-state index is 9.73. The third-order valence-corrected chi connectivity index (χ3v) is 6.70. The van der Waals surface area contributed by atoms with Crippen LogP contribution in [0.2, 0.25) is 10.0 Å². The number of oxime groups is 1. The highest BCUT2D eigenvalue weighted by atomic mass is 35.5. The SMILES string of the molecule is N#Cc1ccc(/C(CN2CCN(c3ccc(OCCO)cc3Cl)[C@H](c3ccc(Cl)cc3)C2)=N/O)cc1. The maximum atomic E-state index is 9.73. The van der Waals surface area contributed by atoms with Gasteiger partial charge in [-0.1, -0.05) is 52.6 Å². The molecule has 0 bridgehead atoms. The Morgan fingerprint density at radius 2 is 1.81 bits per heavy atom. The number of aliphatic hydroxyl groups is 1. The summed E-state index contributed by atoms with van der Waals surface area (Å²) in [6, 6.07) is 22.4. The minimum atomic E-state index is -0.0679. The molecule has 0 aliphatic carbocycles. The van der Waals surface area contributed by atoms with Crippen molar-refractivity contribution in [2.75, 3.05) is 44.3 Å². The van der Waals surface area contributed by atoms with Gasteiger partial charge < -0.3 is 20.0 Å². The summed E-state index contributed by atoms with van der Waals surface area (Å²) < 4.78 is 5.50. The lowest BCUT2D eigenvalue weighted by molar-refractivity contribution is 0.201. The highest BCUT2D eigenvalue weighted by molar-refractivity contribution is 6.33. The molecule has 1 heterocycles. The van der Waals surface area contributed by atoms with E-state index < -0.39 is 0 Å². The number of aliphatic hydroxyl groups excluding tert-OH is 1. The lowest BCUT2D eigenvalue weighted by atomic mass is 10.00. The number of ether oxygens (including phenoxy) is 1. The van der Waals surface area contributed by atoms with Crippen LogP contribution < -0.4 is 9.64 Å². The van der Waals surface area contributed by atoms with Gasteiger partial charge in [0.15, 0.2) is 0 Å². The van der Waals surface area contributed by atoms with Crippen LogP contribution in [-0.4, -0.2) is 60.3 Å². The van der Waals surface area contributed by atoms with Crippen molar-refractivity contribution in [3.63, 3.8) is 0 Å². The molecule has 1 saturated heterocycles. The first-order valence-corrected chi connectivity index (χ1v) is 12.3. The summed E-state index contributed by atoms with van der Waals surface area (Å²) in [4.78, 5) is 4.49. The van der Waals surface area contributed by atoms with Crippen LogP contribution in [0.5, 0.6) is 5.75 Å². The van der Waals surface area contributed by atoms with Gasteiger partial charge in [0, 0.05) is 42.8 Å². The average molecular weight is 525 g/mol. The van der Waals surface area contributed by atoms with E-state index in [1.165, 1.54) is 0 Å². The minimum Gasteiger partial charge on any atom is -0.491 e. The highest BCUT2D eigenvalue weighted by Crippen LogP contribution is 2.37. The second-order valence-electron chi connectivity index (χ2n) is 8.42. The third kappa shape index (κ3) is 6.10. The summed E-state index contributed by atoms with van der Waals surface area (Å²) in [6.07, 6.45) is 0. The number of nitriles is 1. The molecule has 0 spiro atoms. The Hall–Kier alpha value is -3.28. The van der Waals surface area contributed by atoms with Gasteiger partial charge in [-0.05, 0) is 42.0 Å². The summed E-state index contributed by atoms with van der Waals surface area (Å²) in [5.41, 5.74) is 3.82. The smallest absolute Gasteiger partial charge is 0.121 e. The zero-order chi connectivity index (χ0) is 25.5. The molecular formula is C27H26Cl2N4O3. The van der Waals surface area contributed by atoms with Crippen LogP contribution in [0.1, 0.15) is 22.7 Å². The molecule has 1 fully saturated rings. The fraction of sp³-hybridized carbons (Fsp3) is 0.259. The van der Waals surface area contributed by atoms with Gasteiger partial charge in [0.05, 0.1) is 35.0 Å². The number of benzene rings is 3. The number of rotatable bonds is 8. The quantitative estimate of drug-likeness (QED) is 0.245.